The van der Waals surface area contributed by atoms with Gasteiger partial charge in [-0.2, -0.15) is 0 Å². The molecule has 0 bridgehead atoms. The van der Waals surface area contributed by atoms with Crippen LogP contribution < -0.4 is 16.6 Å². The summed E-state index contributed by atoms with van der Waals surface area (Å²) in [4.78, 5) is 41.5. The van der Waals surface area contributed by atoms with Crippen LogP contribution in [0.15, 0.2) is 45.1 Å². The van der Waals surface area contributed by atoms with Crippen molar-refractivity contribution >= 4 is 23.2 Å². The summed E-state index contributed by atoms with van der Waals surface area (Å²) < 4.78 is 0. The first-order chi connectivity index (χ1) is 11.5. The predicted octanol–water partition coefficient (Wildman–Crippen LogP) is 2.28. The second kappa shape index (κ2) is 5.49. The van der Waals surface area contributed by atoms with E-state index in [1.807, 2.05) is 6.07 Å². The zero-order chi connectivity index (χ0) is 16.8. The van der Waals surface area contributed by atoms with Gasteiger partial charge in [0.1, 0.15) is 5.82 Å². The van der Waals surface area contributed by atoms with Crippen LogP contribution in [0.2, 0.25) is 5.02 Å². The molecule has 0 unspecified atom stereocenters. The first-order valence-corrected chi connectivity index (χ1v) is 8.07. The second-order valence-electron chi connectivity index (χ2n) is 5.98. The van der Waals surface area contributed by atoms with Crippen molar-refractivity contribution in [3.05, 3.63) is 72.5 Å². The number of ketones is 1. The summed E-state index contributed by atoms with van der Waals surface area (Å²) in [5, 5.41) is 3.60. The Balaban J connectivity index is 2.03. The molecule has 1 aliphatic heterocycles. The SMILES string of the molecule is O=C1CCCC2=C1[C@H](c1cccc(Cl)c1)c1c([nH]c(=O)[nH]c1=O)N2. The average Bonchev–Trinajstić information content (AvgIpc) is 2.53. The molecule has 3 N–H and O–H groups in total. The molecule has 7 heteroatoms. The van der Waals surface area contributed by atoms with Gasteiger partial charge in [-0.1, -0.05) is 23.7 Å². The van der Waals surface area contributed by atoms with Gasteiger partial charge in [0.25, 0.3) is 5.56 Å². The Hall–Kier alpha value is -2.60. The van der Waals surface area contributed by atoms with Gasteiger partial charge in [-0.05, 0) is 30.5 Å². The highest BCUT2D eigenvalue weighted by atomic mass is 35.5. The molecule has 0 radical (unpaired) electrons. The minimum atomic E-state index is -0.581. The Kier molecular flexibility index (Phi) is 3.42. The van der Waals surface area contributed by atoms with Crippen LogP contribution >= 0.6 is 11.6 Å². The van der Waals surface area contributed by atoms with Gasteiger partial charge >= 0.3 is 5.69 Å². The van der Waals surface area contributed by atoms with Crippen molar-refractivity contribution in [3.8, 4) is 0 Å². The quantitative estimate of drug-likeness (QED) is 0.740. The van der Waals surface area contributed by atoms with Crippen molar-refractivity contribution in [2.75, 3.05) is 5.32 Å². The Morgan fingerprint density at radius 3 is 2.71 bits per heavy atom. The van der Waals surface area contributed by atoms with E-state index in [-0.39, 0.29) is 5.78 Å². The van der Waals surface area contributed by atoms with Crippen molar-refractivity contribution in [1.29, 1.82) is 0 Å². The van der Waals surface area contributed by atoms with Crippen LogP contribution in [-0.2, 0) is 4.79 Å². The number of Topliss-reactive ketones (excluding diaryl/α,β-unsaturated/α-hetero) is 1. The number of anilines is 1. The minimum Gasteiger partial charge on any atom is -0.344 e. The lowest BCUT2D eigenvalue weighted by molar-refractivity contribution is -0.116. The fraction of sp³-hybridized carbons (Fsp3) is 0.235. The highest BCUT2D eigenvalue weighted by Crippen LogP contribution is 2.43. The number of fused-ring (bicyclic) bond motifs is 1. The smallest absolute Gasteiger partial charge is 0.327 e. The highest BCUT2D eigenvalue weighted by Gasteiger charge is 2.37. The molecule has 2 aliphatic rings. The number of allylic oxidation sites excluding steroid dienone is 2. The zero-order valence-electron chi connectivity index (χ0n) is 12.6. The lowest BCUT2D eigenvalue weighted by Gasteiger charge is -2.32. The lowest BCUT2D eigenvalue weighted by atomic mass is 9.76. The lowest BCUT2D eigenvalue weighted by Crippen LogP contribution is -2.36. The third kappa shape index (κ3) is 2.30. The molecule has 1 aromatic carbocycles. The number of carbonyl (C=O) groups excluding carboxylic acids is 1. The average molecular weight is 344 g/mol. The summed E-state index contributed by atoms with van der Waals surface area (Å²) in [5.41, 5.74) is 1.37. The van der Waals surface area contributed by atoms with Crippen LogP contribution in [0.1, 0.15) is 36.3 Å². The van der Waals surface area contributed by atoms with Crippen molar-refractivity contribution in [3.63, 3.8) is 0 Å². The van der Waals surface area contributed by atoms with E-state index in [9.17, 15) is 14.4 Å². The van der Waals surface area contributed by atoms with Gasteiger partial charge < -0.3 is 5.32 Å². The van der Waals surface area contributed by atoms with E-state index in [0.717, 1.165) is 17.7 Å². The summed E-state index contributed by atoms with van der Waals surface area (Å²) >= 11 is 6.11. The second-order valence-corrected chi connectivity index (χ2v) is 6.42. The fourth-order valence-corrected chi connectivity index (χ4v) is 3.71. The molecule has 4 rings (SSSR count). The number of halogens is 1. The van der Waals surface area contributed by atoms with Crippen molar-refractivity contribution in [1.82, 2.24) is 9.97 Å². The molecule has 0 saturated heterocycles. The number of carbonyl (C=O) groups is 1. The highest BCUT2D eigenvalue weighted by molar-refractivity contribution is 6.30. The summed E-state index contributed by atoms with van der Waals surface area (Å²) in [6.07, 6.45) is 1.90. The molecule has 0 amide bonds. The van der Waals surface area contributed by atoms with Crippen molar-refractivity contribution in [2.24, 2.45) is 0 Å². The van der Waals surface area contributed by atoms with Gasteiger partial charge in [-0.3, -0.25) is 19.6 Å². The third-order valence-electron chi connectivity index (χ3n) is 4.47. The number of hydrogen-bond donors (Lipinski definition) is 3. The summed E-state index contributed by atoms with van der Waals surface area (Å²) in [6.45, 7) is 0. The predicted molar refractivity (Wildman–Crippen MR) is 90.5 cm³/mol. The monoisotopic (exact) mass is 343 g/mol. The maximum Gasteiger partial charge on any atom is 0.327 e. The van der Waals surface area contributed by atoms with Gasteiger partial charge in [0.15, 0.2) is 5.78 Å². The van der Waals surface area contributed by atoms with Crippen LogP contribution in [0.3, 0.4) is 0 Å². The minimum absolute atomic E-state index is 0.0185. The number of aromatic amines is 2. The molecule has 0 fully saturated rings. The molecule has 0 spiro atoms. The van der Waals surface area contributed by atoms with Crippen molar-refractivity contribution in [2.45, 2.75) is 25.2 Å². The standard InChI is InChI=1S/C17H14ClN3O3/c18-9-4-1-3-8(7-9)12-13-10(5-2-6-11(13)22)19-15-14(12)16(23)21-17(24)20-15/h1,3-4,7,12H,2,5-6H2,(H3,19,20,21,23,24)/t12-/m0/s1. The molecule has 6 nitrogen and oxygen atoms in total. The number of nitrogens with one attached hydrogen (secondary N) is 3. The molecule has 1 aromatic heterocycles. The van der Waals surface area contributed by atoms with Crippen LogP contribution in [-0.4, -0.2) is 15.8 Å². The normalized spacial score (nSPS) is 19.5. The maximum atomic E-state index is 12.6. The number of H-pyrrole nitrogens is 2. The van der Waals surface area contributed by atoms with Gasteiger partial charge in [-0.15, -0.1) is 0 Å². The summed E-state index contributed by atoms with van der Waals surface area (Å²) in [6, 6.07) is 7.11. The molecule has 1 aliphatic carbocycles. The van der Waals surface area contributed by atoms with Crippen LogP contribution in [0.25, 0.3) is 0 Å². The number of benzene rings is 1. The molecule has 24 heavy (non-hydrogen) atoms. The van der Waals surface area contributed by atoms with Crippen LogP contribution in [0, 0.1) is 0 Å². The largest absolute Gasteiger partial charge is 0.344 e. The topological polar surface area (TPSA) is 94.8 Å². The summed E-state index contributed by atoms with van der Waals surface area (Å²) in [7, 11) is 0. The Labute approximate surface area is 141 Å². The maximum absolute atomic E-state index is 12.6. The summed E-state index contributed by atoms with van der Waals surface area (Å²) in [5.74, 6) is -0.171. The van der Waals surface area contributed by atoms with Crippen LogP contribution in [0.5, 0.6) is 0 Å². The van der Waals surface area contributed by atoms with Gasteiger partial charge in [0.2, 0.25) is 0 Å². The number of rotatable bonds is 1. The zero-order valence-corrected chi connectivity index (χ0v) is 13.4. The molecule has 0 saturated carbocycles. The van der Waals surface area contributed by atoms with Crippen LogP contribution in [0.4, 0.5) is 5.82 Å². The molecular formula is C17H14ClN3O3. The van der Waals surface area contributed by atoms with E-state index in [0.29, 0.717) is 34.8 Å². The van der Waals surface area contributed by atoms with Crippen molar-refractivity contribution < 1.29 is 4.79 Å². The molecule has 2 aromatic rings. The van der Waals surface area contributed by atoms with Gasteiger partial charge in [-0.25, -0.2) is 4.79 Å². The Morgan fingerprint density at radius 1 is 1.08 bits per heavy atom. The van der Waals surface area contributed by atoms with E-state index in [2.05, 4.69) is 15.3 Å². The van der Waals surface area contributed by atoms with E-state index in [4.69, 9.17) is 11.6 Å². The Morgan fingerprint density at radius 2 is 1.92 bits per heavy atom. The van der Waals surface area contributed by atoms with E-state index >= 15 is 0 Å². The molecule has 1 atom stereocenters. The van der Waals surface area contributed by atoms with E-state index < -0.39 is 17.2 Å². The number of hydrogen-bond acceptors (Lipinski definition) is 4. The first kappa shape index (κ1) is 15.0. The number of aromatic nitrogens is 2. The molecule has 2 heterocycles. The third-order valence-corrected chi connectivity index (χ3v) is 4.71. The fourth-order valence-electron chi connectivity index (χ4n) is 3.51. The van der Waals surface area contributed by atoms with E-state index in [1.165, 1.54) is 0 Å². The Bertz CT molecular complexity index is 1000. The molecule has 122 valence electrons. The first-order valence-electron chi connectivity index (χ1n) is 7.70. The van der Waals surface area contributed by atoms with Gasteiger partial charge in [0, 0.05) is 28.6 Å². The van der Waals surface area contributed by atoms with E-state index in [1.54, 1.807) is 18.2 Å². The van der Waals surface area contributed by atoms with Gasteiger partial charge in [0.05, 0.1) is 5.56 Å². The molecular weight excluding hydrogens is 330 g/mol.